The van der Waals surface area contributed by atoms with Crippen LogP contribution in [-0.4, -0.2) is 24.3 Å². The van der Waals surface area contributed by atoms with Gasteiger partial charge < -0.3 is 0 Å². The van der Waals surface area contributed by atoms with Crippen LogP contribution in [0.3, 0.4) is 0 Å². The Morgan fingerprint density at radius 1 is 1.19 bits per heavy atom. The molecule has 0 saturated carbocycles. The van der Waals surface area contributed by atoms with Gasteiger partial charge >= 0.3 is 0 Å². The highest BCUT2D eigenvalue weighted by Gasteiger charge is 2.24. The minimum atomic E-state index is -3.85. The number of halogens is 2. The molecule has 0 fully saturated rings. The quantitative estimate of drug-likeness (QED) is 0.698. The first kappa shape index (κ1) is 19.1. The molecule has 10 heteroatoms. The van der Waals surface area contributed by atoms with E-state index in [0.717, 1.165) is 23.5 Å². The van der Waals surface area contributed by atoms with Crippen molar-refractivity contribution in [1.29, 1.82) is 0 Å². The SMILES string of the molecule is Cc1nc(NC(=O)c2ccccn2)sc1S(=O)(=O)Cc1ccc(F)c(F)c1. The van der Waals surface area contributed by atoms with Crippen molar-refractivity contribution in [3.8, 4) is 0 Å². The number of hydrogen-bond donors (Lipinski definition) is 1. The van der Waals surface area contributed by atoms with Crippen LogP contribution >= 0.6 is 11.3 Å². The van der Waals surface area contributed by atoms with Crippen LogP contribution in [0.2, 0.25) is 0 Å². The van der Waals surface area contributed by atoms with Crippen molar-refractivity contribution in [1.82, 2.24) is 9.97 Å². The molecule has 6 nitrogen and oxygen atoms in total. The van der Waals surface area contributed by atoms with Crippen molar-refractivity contribution in [2.75, 3.05) is 5.32 Å². The Labute approximate surface area is 157 Å². The van der Waals surface area contributed by atoms with Gasteiger partial charge in [0.15, 0.2) is 26.6 Å². The van der Waals surface area contributed by atoms with Gasteiger partial charge in [0.25, 0.3) is 5.91 Å². The monoisotopic (exact) mass is 409 g/mol. The van der Waals surface area contributed by atoms with Gasteiger partial charge in [0.2, 0.25) is 0 Å². The molecule has 3 aromatic rings. The van der Waals surface area contributed by atoms with E-state index in [-0.39, 0.29) is 26.3 Å². The van der Waals surface area contributed by atoms with Crippen LogP contribution in [-0.2, 0) is 15.6 Å². The summed E-state index contributed by atoms with van der Waals surface area (Å²) in [5.41, 5.74) is 0.483. The zero-order valence-electron chi connectivity index (χ0n) is 13.9. The predicted octanol–water partition coefficient (Wildman–Crippen LogP) is 3.35. The summed E-state index contributed by atoms with van der Waals surface area (Å²) in [7, 11) is -3.85. The van der Waals surface area contributed by atoms with Crippen molar-refractivity contribution in [2.24, 2.45) is 0 Å². The van der Waals surface area contributed by atoms with Crippen LogP contribution in [0.25, 0.3) is 0 Å². The van der Waals surface area contributed by atoms with E-state index in [4.69, 9.17) is 0 Å². The van der Waals surface area contributed by atoms with Crippen molar-refractivity contribution >= 4 is 32.2 Å². The molecular weight excluding hydrogens is 396 g/mol. The maximum Gasteiger partial charge on any atom is 0.276 e. The molecule has 0 aliphatic rings. The van der Waals surface area contributed by atoms with E-state index >= 15 is 0 Å². The lowest BCUT2D eigenvalue weighted by Gasteiger charge is -2.03. The Morgan fingerprint density at radius 3 is 2.63 bits per heavy atom. The number of thiazole rings is 1. The largest absolute Gasteiger partial charge is 0.296 e. The van der Waals surface area contributed by atoms with E-state index in [9.17, 15) is 22.0 Å². The summed E-state index contributed by atoms with van der Waals surface area (Å²) in [4.78, 5) is 20.1. The fourth-order valence-electron chi connectivity index (χ4n) is 2.30. The minimum Gasteiger partial charge on any atom is -0.296 e. The van der Waals surface area contributed by atoms with E-state index in [1.54, 1.807) is 12.1 Å². The van der Waals surface area contributed by atoms with E-state index in [0.29, 0.717) is 0 Å². The molecule has 0 atom stereocenters. The van der Waals surface area contributed by atoms with Gasteiger partial charge in [-0.1, -0.05) is 23.5 Å². The van der Waals surface area contributed by atoms with E-state index < -0.39 is 33.1 Å². The number of sulfone groups is 1. The van der Waals surface area contributed by atoms with E-state index in [1.807, 2.05) is 0 Å². The lowest BCUT2D eigenvalue weighted by molar-refractivity contribution is 0.102. The minimum absolute atomic E-state index is 0.0523. The normalized spacial score (nSPS) is 11.4. The molecule has 3 rings (SSSR count). The molecule has 0 aliphatic heterocycles. The number of aromatic nitrogens is 2. The molecular formula is C17H13F2N3O3S2. The molecule has 27 heavy (non-hydrogen) atoms. The highest BCUT2D eigenvalue weighted by atomic mass is 32.2. The number of carbonyl (C=O) groups is 1. The molecule has 0 radical (unpaired) electrons. The van der Waals surface area contributed by atoms with E-state index in [2.05, 4.69) is 15.3 Å². The maximum absolute atomic E-state index is 13.3. The average molecular weight is 409 g/mol. The van der Waals surface area contributed by atoms with Crippen LogP contribution in [0.5, 0.6) is 0 Å². The van der Waals surface area contributed by atoms with Gasteiger partial charge in [-0.3, -0.25) is 15.1 Å². The van der Waals surface area contributed by atoms with Crippen molar-refractivity contribution in [3.05, 3.63) is 71.2 Å². The van der Waals surface area contributed by atoms with Crippen LogP contribution in [0, 0.1) is 18.6 Å². The Balaban J connectivity index is 1.82. The highest BCUT2D eigenvalue weighted by Crippen LogP contribution is 2.30. The smallest absolute Gasteiger partial charge is 0.276 e. The highest BCUT2D eigenvalue weighted by molar-refractivity contribution is 7.92. The fourth-order valence-corrected chi connectivity index (χ4v) is 5.16. The topological polar surface area (TPSA) is 89.0 Å². The van der Waals surface area contributed by atoms with Gasteiger partial charge in [0.05, 0.1) is 11.4 Å². The van der Waals surface area contributed by atoms with Gasteiger partial charge in [-0.05, 0) is 36.8 Å². The second-order valence-corrected chi connectivity index (χ2v) is 8.75. The first-order chi connectivity index (χ1) is 12.8. The molecule has 140 valence electrons. The van der Waals surface area contributed by atoms with Crippen LogP contribution in [0.4, 0.5) is 13.9 Å². The first-order valence-electron chi connectivity index (χ1n) is 7.63. The number of anilines is 1. The molecule has 0 unspecified atom stereocenters. The fraction of sp³-hybridized carbons (Fsp3) is 0.118. The zero-order valence-corrected chi connectivity index (χ0v) is 15.6. The summed E-state index contributed by atoms with van der Waals surface area (Å²) >= 11 is 0.789. The summed E-state index contributed by atoms with van der Waals surface area (Å²) in [6.45, 7) is 1.49. The first-order valence-corrected chi connectivity index (χ1v) is 10.1. The zero-order chi connectivity index (χ0) is 19.6. The molecule has 2 heterocycles. The molecule has 1 amide bonds. The number of nitrogens with zero attached hydrogens (tertiary/aromatic N) is 2. The summed E-state index contributed by atoms with van der Waals surface area (Å²) in [5, 5.41) is 2.61. The Kier molecular flexibility index (Phi) is 5.29. The van der Waals surface area contributed by atoms with Gasteiger partial charge in [-0.25, -0.2) is 22.2 Å². The Bertz CT molecular complexity index is 1100. The van der Waals surface area contributed by atoms with Gasteiger partial charge in [-0.15, -0.1) is 0 Å². The van der Waals surface area contributed by atoms with Gasteiger partial charge in [-0.2, -0.15) is 0 Å². The van der Waals surface area contributed by atoms with Crippen molar-refractivity contribution < 1.29 is 22.0 Å². The summed E-state index contributed by atoms with van der Waals surface area (Å²) in [5.74, 6) is -3.20. The molecule has 0 saturated heterocycles. The Hall–Kier alpha value is -2.72. The average Bonchev–Trinajstić information content (AvgIpc) is 3.00. The third-order valence-electron chi connectivity index (χ3n) is 3.50. The number of nitrogens with one attached hydrogen (secondary N) is 1. The van der Waals surface area contributed by atoms with Gasteiger partial charge in [0, 0.05) is 6.20 Å². The molecule has 0 bridgehead atoms. The summed E-state index contributed by atoms with van der Waals surface area (Å²) < 4.78 is 51.5. The van der Waals surface area contributed by atoms with Gasteiger partial charge in [0.1, 0.15) is 9.90 Å². The van der Waals surface area contributed by atoms with Crippen molar-refractivity contribution in [3.63, 3.8) is 0 Å². The van der Waals surface area contributed by atoms with E-state index in [1.165, 1.54) is 25.3 Å². The number of aryl methyl sites for hydroxylation is 1. The molecule has 0 aliphatic carbocycles. The second kappa shape index (κ2) is 7.49. The standard InChI is InChI=1S/C17H13F2N3O3S2/c1-10-16(27(24,25)9-11-5-6-12(18)13(19)8-11)26-17(21-10)22-15(23)14-4-2-3-7-20-14/h2-8H,9H2,1H3,(H,21,22,23). The lowest BCUT2D eigenvalue weighted by atomic mass is 10.2. The number of carbonyl (C=O) groups excluding carboxylic acids is 1. The molecule has 2 aromatic heterocycles. The number of pyridine rings is 1. The van der Waals surface area contributed by atoms with Crippen molar-refractivity contribution in [2.45, 2.75) is 16.9 Å². The third kappa shape index (κ3) is 4.34. The molecule has 0 spiro atoms. The summed E-state index contributed by atoms with van der Waals surface area (Å²) in [6.07, 6.45) is 1.46. The predicted molar refractivity (Wildman–Crippen MR) is 96.3 cm³/mol. The number of amides is 1. The van der Waals surface area contributed by atoms with Crippen LogP contribution in [0.15, 0.2) is 46.8 Å². The Morgan fingerprint density at radius 2 is 1.96 bits per heavy atom. The molecule has 1 aromatic carbocycles. The number of hydrogen-bond acceptors (Lipinski definition) is 6. The number of benzene rings is 1. The second-order valence-electron chi connectivity index (χ2n) is 5.57. The lowest BCUT2D eigenvalue weighted by Crippen LogP contribution is -2.13. The summed E-state index contributed by atoms with van der Waals surface area (Å²) in [6, 6.07) is 7.73. The number of rotatable bonds is 5. The van der Waals surface area contributed by atoms with Crippen LogP contribution in [0.1, 0.15) is 21.7 Å². The molecule has 1 N–H and O–H groups in total. The van der Waals surface area contributed by atoms with Crippen LogP contribution < -0.4 is 5.32 Å². The third-order valence-corrected chi connectivity index (χ3v) is 6.95. The maximum atomic E-state index is 13.3.